The Kier molecular flexibility index (Phi) is 11.2. The average Bonchev–Trinajstić information content (AvgIpc) is 2.79. The molecule has 0 heterocycles. The van der Waals surface area contributed by atoms with Gasteiger partial charge in [-0.2, -0.15) is 5.11 Å². The Morgan fingerprint density at radius 1 is 0.912 bits per heavy atom. The van der Waals surface area contributed by atoms with Gasteiger partial charge in [0.25, 0.3) is 0 Å². The first-order valence-electron chi connectivity index (χ1n) is 11.8. The summed E-state index contributed by atoms with van der Waals surface area (Å²) < 4.78 is 11.2. The highest BCUT2D eigenvalue weighted by Gasteiger charge is 2.28. The lowest BCUT2D eigenvalue weighted by Crippen LogP contribution is -2.24. The average molecular weight is 478 g/mol. The second-order valence-corrected chi connectivity index (χ2v) is 9.41. The van der Waals surface area contributed by atoms with Gasteiger partial charge in [-0.15, -0.1) is 0 Å². The predicted molar refractivity (Wildman–Crippen MR) is 128 cm³/mol. The maximum atomic E-state index is 12.7. The van der Waals surface area contributed by atoms with Crippen LogP contribution in [0.4, 0.5) is 0 Å². The van der Waals surface area contributed by atoms with E-state index >= 15 is 0 Å². The maximum Gasteiger partial charge on any atom is 0.330 e. The van der Waals surface area contributed by atoms with Crippen molar-refractivity contribution in [3.63, 3.8) is 0 Å². The maximum absolute atomic E-state index is 12.7. The van der Waals surface area contributed by atoms with Crippen molar-refractivity contribution in [1.29, 1.82) is 0 Å². The molecular weight excluding hydrogens is 438 g/mol. The minimum atomic E-state index is -1.19. The van der Waals surface area contributed by atoms with Gasteiger partial charge >= 0.3 is 17.9 Å². The van der Waals surface area contributed by atoms with Crippen LogP contribution in [0.5, 0.6) is 11.5 Å². The van der Waals surface area contributed by atoms with E-state index in [1.807, 2.05) is 41.5 Å². The van der Waals surface area contributed by atoms with Gasteiger partial charge in [-0.1, -0.05) is 78.5 Å². The largest absolute Gasteiger partial charge is 0.480 e. The Hall–Kier alpha value is -2.97. The van der Waals surface area contributed by atoms with Gasteiger partial charge in [-0.25, -0.2) is 4.79 Å². The third-order valence-corrected chi connectivity index (χ3v) is 6.93. The molecule has 34 heavy (non-hydrogen) atoms. The molecule has 0 aliphatic heterocycles. The lowest BCUT2D eigenvalue weighted by atomic mass is 9.81. The summed E-state index contributed by atoms with van der Waals surface area (Å²) in [4.78, 5) is 36.8. The summed E-state index contributed by atoms with van der Waals surface area (Å²) in [6.45, 7) is 12.1. The van der Waals surface area contributed by atoms with Crippen molar-refractivity contribution in [3.05, 3.63) is 23.8 Å². The van der Waals surface area contributed by atoms with Gasteiger partial charge in [0, 0.05) is 6.42 Å². The molecule has 1 aromatic carbocycles. The monoisotopic (exact) mass is 477 g/mol. The number of nitrogens with zero attached hydrogens (tertiary/aromatic N) is 2. The zero-order valence-electron chi connectivity index (χ0n) is 21.2. The standard InChI is InChI=1S/C25H39N3O6/c1-7-24(5,8-2)15-21(29)33-19-12-11-17(13-18(23(31)32)27-28-26)14-20(19)34-22(30)16-25(6,9-3)10-4/h11-12,14,18H,7-10,13,15-16H2,1-6H3,(H2,26,27)(H,31,32)/t18-/m0/s1. The fourth-order valence-corrected chi connectivity index (χ4v) is 3.34. The Morgan fingerprint density at radius 3 is 1.79 bits per heavy atom. The fourth-order valence-electron chi connectivity index (χ4n) is 3.34. The van der Waals surface area contributed by atoms with Crippen LogP contribution in [0.3, 0.4) is 0 Å². The first kappa shape index (κ1) is 29.1. The van der Waals surface area contributed by atoms with Crippen LogP contribution < -0.4 is 15.3 Å². The molecule has 0 aliphatic rings. The summed E-state index contributed by atoms with van der Waals surface area (Å²) >= 11 is 0. The highest BCUT2D eigenvalue weighted by Crippen LogP contribution is 2.35. The third-order valence-electron chi connectivity index (χ3n) is 6.93. The molecule has 0 amide bonds. The number of rotatable bonds is 14. The van der Waals surface area contributed by atoms with Crippen molar-refractivity contribution in [3.8, 4) is 11.5 Å². The van der Waals surface area contributed by atoms with E-state index in [4.69, 9.17) is 15.3 Å². The molecule has 0 fully saturated rings. The SMILES string of the molecule is CCC(C)(CC)CC(=O)Oc1ccc(C[C@H](N=NN)C(=O)O)cc1OC(=O)CC(C)(CC)CC. The highest BCUT2D eigenvalue weighted by molar-refractivity contribution is 5.77. The van der Waals surface area contributed by atoms with Gasteiger partial charge in [-0.3, -0.25) is 9.59 Å². The van der Waals surface area contributed by atoms with Gasteiger partial charge in [0.2, 0.25) is 0 Å². The van der Waals surface area contributed by atoms with Crippen molar-refractivity contribution < 1.29 is 29.0 Å². The van der Waals surface area contributed by atoms with E-state index in [9.17, 15) is 19.5 Å². The molecule has 9 nitrogen and oxygen atoms in total. The molecule has 0 aromatic heterocycles. The van der Waals surface area contributed by atoms with Crippen molar-refractivity contribution >= 4 is 17.9 Å². The number of ether oxygens (including phenoxy) is 2. The first-order chi connectivity index (χ1) is 15.9. The summed E-state index contributed by atoms with van der Waals surface area (Å²) in [7, 11) is 0. The Labute approximate surface area is 202 Å². The highest BCUT2D eigenvalue weighted by atomic mass is 16.6. The summed E-state index contributed by atoms with van der Waals surface area (Å²) in [5.41, 5.74) is 0.105. The van der Waals surface area contributed by atoms with E-state index in [1.165, 1.54) is 12.1 Å². The van der Waals surface area contributed by atoms with E-state index < -0.39 is 23.9 Å². The van der Waals surface area contributed by atoms with Crippen LogP contribution in [-0.2, 0) is 20.8 Å². The number of carboxylic acids is 1. The van der Waals surface area contributed by atoms with E-state index in [-0.39, 0.29) is 41.6 Å². The zero-order valence-corrected chi connectivity index (χ0v) is 21.2. The number of hydrogen-bond acceptors (Lipinski definition) is 7. The molecule has 0 bridgehead atoms. The molecule has 1 aromatic rings. The third kappa shape index (κ3) is 8.76. The Morgan fingerprint density at radius 2 is 1.38 bits per heavy atom. The topological polar surface area (TPSA) is 141 Å². The molecule has 9 heteroatoms. The number of carbonyl (C=O) groups is 3. The normalized spacial score (nSPS) is 13.0. The number of aliphatic carboxylic acids is 1. The van der Waals surface area contributed by atoms with Gasteiger partial charge in [0.1, 0.15) is 0 Å². The molecule has 0 saturated carbocycles. The molecular formula is C25H39N3O6. The van der Waals surface area contributed by atoms with Crippen molar-refractivity contribution in [2.24, 2.45) is 27.0 Å². The minimum absolute atomic E-state index is 0.0276. The lowest BCUT2D eigenvalue weighted by Gasteiger charge is -2.26. The Bertz CT molecular complexity index is 875. The van der Waals surface area contributed by atoms with E-state index in [0.29, 0.717) is 5.56 Å². The molecule has 0 spiro atoms. The van der Waals surface area contributed by atoms with Crippen molar-refractivity contribution in [1.82, 2.24) is 0 Å². The van der Waals surface area contributed by atoms with E-state index in [1.54, 1.807) is 6.07 Å². The predicted octanol–water partition coefficient (Wildman–Crippen LogP) is 5.25. The number of esters is 2. The first-order valence-corrected chi connectivity index (χ1v) is 11.8. The molecule has 0 saturated heterocycles. The summed E-state index contributed by atoms with van der Waals surface area (Å²) in [5.74, 6) is 3.12. The van der Waals surface area contributed by atoms with Crippen LogP contribution in [0.25, 0.3) is 0 Å². The molecule has 0 radical (unpaired) electrons. The number of carboxylic acid groups (broad SMARTS) is 1. The molecule has 1 rings (SSSR count). The van der Waals surface area contributed by atoms with Crippen LogP contribution in [0.1, 0.15) is 85.6 Å². The van der Waals surface area contributed by atoms with Crippen LogP contribution >= 0.6 is 0 Å². The van der Waals surface area contributed by atoms with Gasteiger partial charge in [0.15, 0.2) is 17.5 Å². The van der Waals surface area contributed by atoms with Crippen LogP contribution in [0, 0.1) is 10.8 Å². The molecule has 0 unspecified atom stereocenters. The zero-order chi connectivity index (χ0) is 25.9. The lowest BCUT2D eigenvalue weighted by molar-refractivity contribution is -0.139. The number of hydrogen-bond donors (Lipinski definition) is 2. The minimum Gasteiger partial charge on any atom is -0.480 e. The summed E-state index contributed by atoms with van der Waals surface area (Å²) in [6, 6.07) is 3.40. The molecule has 1 atom stereocenters. The van der Waals surface area contributed by atoms with Crippen LogP contribution in [0.2, 0.25) is 0 Å². The van der Waals surface area contributed by atoms with Gasteiger partial charge in [-0.05, 0) is 28.5 Å². The van der Waals surface area contributed by atoms with E-state index in [0.717, 1.165) is 25.7 Å². The van der Waals surface area contributed by atoms with Crippen molar-refractivity contribution in [2.45, 2.75) is 92.5 Å². The molecule has 3 N–H and O–H groups in total. The van der Waals surface area contributed by atoms with Crippen LogP contribution in [0.15, 0.2) is 28.5 Å². The number of benzene rings is 1. The Balaban J connectivity index is 3.24. The summed E-state index contributed by atoms with van der Waals surface area (Å²) in [6.07, 6.45) is 3.63. The number of nitrogens with two attached hydrogens (primary N) is 1. The van der Waals surface area contributed by atoms with Gasteiger partial charge < -0.3 is 20.4 Å². The second kappa shape index (κ2) is 13.1. The van der Waals surface area contributed by atoms with Crippen LogP contribution in [-0.4, -0.2) is 29.1 Å². The summed E-state index contributed by atoms with van der Waals surface area (Å²) in [5, 5.41) is 15.9. The second-order valence-electron chi connectivity index (χ2n) is 9.41. The van der Waals surface area contributed by atoms with E-state index in [2.05, 4.69) is 10.3 Å². The van der Waals surface area contributed by atoms with Gasteiger partial charge in [0.05, 0.1) is 12.8 Å². The quantitative estimate of drug-likeness (QED) is 0.122. The number of carbonyl (C=O) groups excluding carboxylic acids is 2. The molecule has 0 aliphatic carbocycles. The van der Waals surface area contributed by atoms with Crippen molar-refractivity contribution in [2.75, 3.05) is 0 Å². The fraction of sp³-hybridized carbons (Fsp3) is 0.640. The molecule has 190 valence electrons. The smallest absolute Gasteiger partial charge is 0.330 e.